The van der Waals surface area contributed by atoms with Gasteiger partial charge in [0.15, 0.2) is 0 Å². The van der Waals surface area contributed by atoms with E-state index in [-0.39, 0.29) is 0 Å². The highest BCUT2D eigenvalue weighted by Crippen LogP contribution is 2.17. The van der Waals surface area contributed by atoms with Crippen molar-refractivity contribution in [3.8, 4) is 0 Å². The molecule has 0 spiro atoms. The van der Waals surface area contributed by atoms with Gasteiger partial charge in [-0.25, -0.2) is 0 Å². The highest BCUT2D eigenvalue weighted by Gasteiger charge is 2.12. The second kappa shape index (κ2) is 6.24. The summed E-state index contributed by atoms with van der Waals surface area (Å²) in [5, 5.41) is 4.15. The van der Waals surface area contributed by atoms with Crippen LogP contribution in [0, 0.1) is 5.92 Å². The van der Waals surface area contributed by atoms with E-state index in [1.165, 1.54) is 12.8 Å². The summed E-state index contributed by atoms with van der Waals surface area (Å²) in [5.74, 6) is 0.712. The number of benzene rings is 1. The summed E-state index contributed by atoms with van der Waals surface area (Å²) in [4.78, 5) is 0. The molecular weight excluding hydrogens is 222 g/mol. The van der Waals surface area contributed by atoms with Crippen LogP contribution >= 0.6 is 11.6 Å². The van der Waals surface area contributed by atoms with Crippen molar-refractivity contribution in [2.24, 2.45) is 5.92 Å². The van der Waals surface area contributed by atoms with Gasteiger partial charge in [0.25, 0.3) is 0 Å². The lowest BCUT2D eigenvalue weighted by Gasteiger charge is -2.22. The molecule has 0 radical (unpaired) electrons. The van der Waals surface area contributed by atoms with Gasteiger partial charge in [0.1, 0.15) is 0 Å². The molecule has 0 aliphatic carbocycles. The Labute approximate surface area is 102 Å². The van der Waals surface area contributed by atoms with E-state index in [1.807, 2.05) is 24.3 Å². The fourth-order valence-electron chi connectivity index (χ4n) is 2.00. The van der Waals surface area contributed by atoms with Crippen LogP contribution in [0.1, 0.15) is 18.4 Å². The standard InChI is InChI=1S/C13H18ClNO/c14-13-4-2-1-3-12(13)10-16-9-11-5-7-15-8-6-11/h1-4,11,15H,5-10H2. The minimum absolute atomic E-state index is 0.629. The average Bonchev–Trinajstić information content (AvgIpc) is 2.33. The van der Waals surface area contributed by atoms with Gasteiger partial charge in [0.2, 0.25) is 0 Å². The summed E-state index contributed by atoms with van der Waals surface area (Å²) in [5.41, 5.74) is 1.08. The van der Waals surface area contributed by atoms with Crippen molar-refractivity contribution >= 4 is 11.6 Å². The summed E-state index contributed by atoms with van der Waals surface area (Å²) in [6.45, 7) is 3.73. The molecule has 0 aromatic heterocycles. The number of piperidine rings is 1. The van der Waals surface area contributed by atoms with Gasteiger partial charge in [-0.3, -0.25) is 0 Å². The molecule has 1 heterocycles. The van der Waals surface area contributed by atoms with Crippen LogP contribution in [-0.4, -0.2) is 19.7 Å². The van der Waals surface area contributed by atoms with E-state index < -0.39 is 0 Å². The van der Waals surface area contributed by atoms with Crippen LogP contribution in [0.4, 0.5) is 0 Å². The minimum Gasteiger partial charge on any atom is -0.376 e. The summed E-state index contributed by atoms with van der Waals surface area (Å²) in [6, 6.07) is 7.86. The molecule has 1 aliphatic rings. The number of hydrogen-bond donors (Lipinski definition) is 1. The highest BCUT2D eigenvalue weighted by atomic mass is 35.5. The van der Waals surface area contributed by atoms with Gasteiger partial charge < -0.3 is 10.1 Å². The second-order valence-electron chi connectivity index (χ2n) is 4.30. The molecule has 16 heavy (non-hydrogen) atoms. The zero-order valence-corrected chi connectivity index (χ0v) is 10.2. The van der Waals surface area contributed by atoms with E-state index in [0.29, 0.717) is 12.5 Å². The van der Waals surface area contributed by atoms with Crippen LogP contribution in [0.5, 0.6) is 0 Å². The molecule has 1 aromatic rings. The van der Waals surface area contributed by atoms with Crippen molar-refractivity contribution in [3.63, 3.8) is 0 Å². The highest BCUT2D eigenvalue weighted by molar-refractivity contribution is 6.31. The quantitative estimate of drug-likeness (QED) is 0.873. The maximum atomic E-state index is 6.06. The summed E-state index contributed by atoms with van der Waals surface area (Å²) in [6.07, 6.45) is 2.45. The average molecular weight is 240 g/mol. The maximum Gasteiger partial charge on any atom is 0.0731 e. The van der Waals surface area contributed by atoms with E-state index in [1.54, 1.807) is 0 Å². The molecular formula is C13H18ClNO. The maximum absolute atomic E-state index is 6.06. The summed E-state index contributed by atoms with van der Waals surface area (Å²) >= 11 is 6.06. The second-order valence-corrected chi connectivity index (χ2v) is 4.71. The van der Waals surface area contributed by atoms with Gasteiger partial charge in [0, 0.05) is 11.6 Å². The number of rotatable bonds is 4. The Morgan fingerprint density at radius 2 is 2.00 bits per heavy atom. The fourth-order valence-corrected chi connectivity index (χ4v) is 2.19. The Morgan fingerprint density at radius 3 is 2.75 bits per heavy atom. The van der Waals surface area contributed by atoms with Crippen LogP contribution in [0.3, 0.4) is 0 Å². The molecule has 2 nitrogen and oxygen atoms in total. The van der Waals surface area contributed by atoms with Gasteiger partial charge in [-0.15, -0.1) is 0 Å². The molecule has 1 aliphatic heterocycles. The molecule has 1 saturated heterocycles. The first-order valence-corrected chi connectivity index (χ1v) is 6.26. The monoisotopic (exact) mass is 239 g/mol. The van der Waals surface area contributed by atoms with Crippen LogP contribution in [-0.2, 0) is 11.3 Å². The number of halogens is 1. The zero-order chi connectivity index (χ0) is 11.2. The lowest BCUT2D eigenvalue weighted by Crippen LogP contribution is -2.29. The Hall–Kier alpha value is -0.570. The van der Waals surface area contributed by atoms with Crippen molar-refractivity contribution in [2.45, 2.75) is 19.4 Å². The summed E-state index contributed by atoms with van der Waals surface area (Å²) in [7, 11) is 0. The van der Waals surface area contributed by atoms with Crippen molar-refractivity contribution in [3.05, 3.63) is 34.9 Å². The van der Waals surface area contributed by atoms with Gasteiger partial charge in [-0.2, -0.15) is 0 Å². The number of ether oxygens (including phenoxy) is 1. The number of hydrogen-bond acceptors (Lipinski definition) is 2. The summed E-state index contributed by atoms with van der Waals surface area (Å²) < 4.78 is 5.73. The first-order valence-electron chi connectivity index (χ1n) is 5.88. The van der Waals surface area contributed by atoms with E-state index in [2.05, 4.69) is 5.32 Å². The Morgan fingerprint density at radius 1 is 1.25 bits per heavy atom. The third-order valence-corrected chi connectivity index (χ3v) is 3.40. The molecule has 0 unspecified atom stereocenters. The largest absolute Gasteiger partial charge is 0.376 e. The molecule has 1 fully saturated rings. The molecule has 1 N–H and O–H groups in total. The van der Waals surface area contributed by atoms with Crippen molar-refractivity contribution in [1.82, 2.24) is 5.32 Å². The molecule has 0 bridgehead atoms. The molecule has 1 aromatic carbocycles. The van der Waals surface area contributed by atoms with Crippen LogP contribution in [0.2, 0.25) is 5.02 Å². The van der Waals surface area contributed by atoms with Gasteiger partial charge in [-0.1, -0.05) is 29.8 Å². The van der Waals surface area contributed by atoms with E-state index in [9.17, 15) is 0 Å². The van der Waals surface area contributed by atoms with E-state index in [4.69, 9.17) is 16.3 Å². The molecule has 0 saturated carbocycles. The van der Waals surface area contributed by atoms with Crippen molar-refractivity contribution in [1.29, 1.82) is 0 Å². The van der Waals surface area contributed by atoms with Crippen molar-refractivity contribution < 1.29 is 4.74 Å². The predicted octanol–water partition coefficient (Wildman–Crippen LogP) is 2.86. The van der Waals surface area contributed by atoms with Gasteiger partial charge in [-0.05, 0) is 43.5 Å². The van der Waals surface area contributed by atoms with E-state index >= 15 is 0 Å². The lowest BCUT2D eigenvalue weighted by molar-refractivity contribution is 0.0764. The smallest absolute Gasteiger partial charge is 0.0731 e. The third kappa shape index (κ3) is 3.48. The first-order chi connectivity index (χ1) is 7.86. The predicted molar refractivity (Wildman–Crippen MR) is 66.7 cm³/mol. The minimum atomic E-state index is 0.629. The fraction of sp³-hybridized carbons (Fsp3) is 0.538. The molecule has 0 amide bonds. The van der Waals surface area contributed by atoms with Gasteiger partial charge in [0.05, 0.1) is 6.61 Å². The Balaban J connectivity index is 1.73. The van der Waals surface area contributed by atoms with E-state index in [0.717, 1.165) is 30.3 Å². The van der Waals surface area contributed by atoms with Crippen molar-refractivity contribution in [2.75, 3.05) is 19.7 Å². The molecule has 2 rings (SSSR count). The topological polar surface area (TPSA) is 21.3 Å². The Kier molecular flexibility index (Phi) is 4.64. The molecule has 88 valence electrons. The first kappa shape index (κ1) is 11.9. The molecule has 3 heteroatoms. The lowest BCUT2D eigenvalue weighted by atomic mass is 9.99. The van der Waals surface area contributed by atoms with Gasteiger partial charge >= 0.3 is 0 Å². The van der Waals surface area contributed by atoms with Crippen LogP contribution in [0.15, 0.2) is 24.3 Å². The molecule has 0 atom stereocenters. The SMILES string of the molecule is Clc1ccccc1COCC1CCNCC1. The third-order valence-electron chi connectivity index (χ3n) is 3.03. The Bertz CT molecular complexity index is 323. The van der Waals surface area contributed by atoms with Crippen LogP contribution in [0.25, 0.3) is 0 Å². The number of nitrogens with one attached hydrogen (secondary N) is 1. The zero-order valence-electron chi connectivity index (χ0n) is 9.42. The van der Waals surface area contributed by atoms with Crippen LogP contribution < -0.4 is 5.32 Å². The normalized spacial score (nSPS) is 17.6.